The Kier molecular flexibility index (Phi) is 7.11. The molecule has 0 spiro atoms. The smallest absolute Gasteiger partial charge is 0.273 e. The van der Waals surface area contributed by atoms with Gasteiger partial charge in [0.15, 0.2) is 5.69 Å². The van der Waals surface area contributed by atoms with Crippen molar-refractivity contribution < 1.29 is 14.3 Å². The van der Waals surface area contributed by atoms with Gasteiger partial charge in [-0.15, -0.1) is 5.10 Å². The van der Waals surface area contributed by atoms with E-state index in [-0.39, 0.29) is 22.9 Å². The molecule has 35 heavy (non-hydrogen) atoms. The number of hydrogen-bond donors (Lipinski definition) is 2. The fraction of sp³-hybridized carbons (Fsp3) is 0.400. The van der Waals surface area contributed by atoms with E-state index in [9.17, 15) is 9.59 Å². The van der Waals surface area contributed by atoms with Crippen LogP contribution in [0.25, 0.3) is 5.69 Å². The highest BCUT2D eigenvalue weighted by Gasteiger charge is 2.18. The monoisotopic (exact) mass is 477 g/mol. The minimum Gasteiger partial charge on any atom is -0.378 e. The highest BCUT2D eigenvalue weighted by molar-refractivity contribution is 6.04. The molecule has 0 atom stereocenters. The van der Waals surface area contributed by atoms with Crippen molar-refractivity contribution in [3.8, 4) is 5.69 Å². The summed E-state index contributed by atoms with van der Waals surface area (Å²) < 4.78 is 6.93. The number of pyridine rings is 1. The van der Waals surface area contributed by atoms with E-state index in [2.05, 4.69) is 30.8 Å². The van der Waals surface area contributed by atoms with E-state index in [0.717, 1.165) is 24.5 Å². The van der Waals surface area contributed by atoms with Crippen LogP contribution < -0.4 is 15.5 Å². The lowest BCUT2D eigenvalue weighted by Gasteiger charge is -2.27. The third kappa shape index (κ3) is 6.21. The lowest BCUT2D eigenvalue weighted by Crippen LogP contribution is -2.36. The number of rotatable bonds is 6. The van der Waals surface area contributed by atoms with Crippen LogP contribution in [0.15, 0.2) is 42.7 Å². The molecule has 4 rings (SSSR count). The van der Waals surface area contributed by atoms with Crippen LogP contribution in [0.4, 0.5) is 11.5 Å². The summed E-state index contributed by atoms with van der Waals surface area (Å²) in [6, 6.07) is 9.00. The first-order valence-corrected chi connectivity index (χ1v) is 11.6. The summed E-state index contributed by atoms with van der Waals surface area (Å²) in [6.07, 6.45) is 3.23. The summed E-state index contributed by atoms with van der Waals surface area (Å²) in [5.41, 5.74) is 2.96. The quantitative estimate of drug-likeness (QED) is 0.561. The molecular weight excluding hydrogens is 446 g/mol. The first kappa shape index (κ1) is 24.3. The zero-order chi connectivity index (χ0) is 25.0. The second-order valence-corrected chi connectivity index (χ2v) is 9.75. The number of nitrogens with zero attached hydrogens (tertiary/aromatic N) is 5. The van der Waals surface area contributed by atoms with Crippen LogP contribution in [-0.2, 0) is 4.74 Å². The standard InChI is InChI=1S/C25H31N7O3/c1-17-5-6-19(14-21(17)32-15-20(29-30-32)24(34)27-16-25(2,3)4)28-23(33)18-7-8-26-22(13-18)31-9-11-35-12-10-31/h5-8,13-15H,9-12,16H2,1-4H3,(H,27,34)(H,28,33). The highest BCUT2D eigenvalue weighted by atomic mass is 16.5. The molecule has 1 fully saturated rings. The molecule has 10 heteroatoms. The first-order chi connectivity index (χ1) is 16.7. The number of anilines is 2. The highest BCUT2D eigenvalue weighted by Crippen LogP contribution is 2.21. The fourth-order valence-electron chi connectivity index (χ4n) is 3.58. The summed E-state index contributed by atoms with van der Waals surface area (Å²) in [7, 11) is 0. The minimum atomic E-state index is -0.276. The molecule has 3 heterocycles. The summed E-state index contributed by atoms with van der Waals surface area (Å²) in [4.78, 5) is 31.9. The zero-order valence-electron chi connectivity index (χ0n) is 20.5. The molecule has 1 aliphatic rings. The Morgan fingerprint density at radius 1 is 1.09 bits per heavy atom. The maximum Gasteiger partial charge on any atom is 0.273 e. The molecule has 1 aromatic carbocycles. The molecule has 0 unspecified atom stereocenters. The SMILES string of the molecule is Cc1ccc(NC(=O)c2ccnc(N3CCOCC3)c2)cc1-n1cc(C(=O)NCC(C)(C)C)nn1. The number of ether oxygens (including phenoxy) is 1. The van der Waals surface area contributed by atoms with Crippen molar-refractivity contribution in [1.82, 2.24) is 25.3 Å². The third-order valence-corrected chi connectivity index (χ3v) is 5.56. The summed E-state index contributed by atoms with van der Waals surface area (Å²) in [5.74, 6) is 0.241. The Balaban J connectivity index is 1.48. The lowest BCUT2D eigenvalue weighted by atomic mass is 9.97. The molecule has 3 aromatic rings. The number of aryl methyl sites for hydroxylation is 1. The van der Waals surface area contributed by atoms with Gasteiger partial charge in [0.1, 0.15) is 5.82 Å². The van der Waals surface area contributed by atoms with Gasteiger partial charge in [-0.3, -0.25) is 9.59 Å². The first-order valence-electron chi connectivity index (χ1n) is 11.6. The maximum atomic E-state index is 13.0. The molecule has 1 saturated heterocycles. The molecule has 10 nitrogen and oxygen atoms in total. The van der Waals surface area contributed by atoms with Gasteiger partial charge in [0.05, 0.1) is 25.1 Å². The Bertz CT molecular complexity index is 1210. The van der Waals surface area contributed by atoms with Crippen molar-refractivity contribution in [2.45, 2.75) is 27.7 Å². The van der Waals surface area contributed by atoms with Gasteiger partial charge in [0.25, 0.3) is 11.8 Å². The number of nitrogens with one attached hydrogen (secondary N) is 2. The Morgan fingerprint density at radius 3 is 2.60 bits per heavy atom. The predicted octanol–water partition coefficient (Wildman–Crippen LogP) is 2.84. The van der Waals surface area contributed by atoms with Gasteiger partial charge in [-0.25, -0.2) is 9.67 Å². The molecule has 2 N–H and O–H groups in total. The second kappa shape index (κ2) is 10.2. The topological polar surface area (TPSA) is 114 Å². The van der Waals surface area contributed by atoms with E-state index in [1.165, 1.54) is 0 Å². The van der Waals surface area contributed by atoms with Crippen molar-refractivity contribution in [3.63, 3.8) is 0 Å². The average Bonchev–Trinajstić information content (AvgIpc) is 3.34. The van der Waals surface area contributed by atoms with Crippen molar-refractivity contribution in [2.24, 2.45) is 5.41 Å². The van der Waals surface area contributed by atoms with Gasteiger partial charge in [0, 0.05) is 37.1 Å². The van der Waals surface area contributed by atoms with Crippen LogP contribution in [0.1, 0.15) is 47.2 Å². The van der Waals surface area contributed by atoms with E-state index >= 15 is 0 Å². The molecule has 0 saturated carbocycles. The third-order valence-electron chi connectivity index (χ3n) is 5.56. The van der Waals surface area contributed by atoms with E-state index in [4.69, 9.17) is 4.74 Å². The Hall–Kier alpha value is -3.79. The normalized spacial score (nSPS) is 14.0. The van der Waals surface area contributed by atoms with Crippen LogP contribution in [0.3, 0.4) is 0 Å². The van der Waals surface area contributed by atoms with Crippen molar-refractivity contribution in [3.05, 3.63) is 59.5 Å². The molecule has 1 aliphatic heterocycles. The minimum absolute atomic E-state index is 0.0352. The summed E-state index contributed by atoms with van der Waals surface area (Å²) in [6.45, 7) is 11.4. The van der Waals surface area contributed by atoms with Crippen LogP contribution in [0.2, 0.25) is 0 Å². The van der Waals surface area contributed by atoms with Gasteiger partial charge < -0.3 is 20.3 Å². The number of aromatic nitrogens is 4. The van der Waals surface area contributed by atoms with Gasteiger partial charge >= 0.3 is 0 Å². The van der Waals surface area contributed by atoms with Crippen LogP contribution >= 0.6 is 0 Å². The number of amides is 2. The molecular formula is C25H31N7O3. The summed E-state index contributed by atoms with van der Waals surface area (Å²) >= 11 is 0. The number of benzene rings is 1. The molecule has 0 radical (unpaired) electrons. The van der Waals surface area contributed by atoms with E-state index < -0.39 is 0 Å². The van der Waals surface area contributed by atoms with Crippen LogP contribution in [-0.4, -0.2) is 64.6 Å². The lowest BCUT2D eigenvalue weighted by molar-refractivity contribution is 0.0933. The average molecular weight is 478 g/mol. The van der Waals surface area contributed by atoms with E-state index in [1.807, 2.05) is 45.9 Å². The van der Waals surface area contributed by atoms with Crippen molar-refractivity contribution in [1.29, 1.82) is 0 Å². The number of carbonyl (C=O) groups is 2. The molecule has 2 amide bonds. The van der Waals surface area contributed by atoms with Crippen molar-refractivity contribution >= 4 is 23.3 Å². The fourth-order valence-corrected chi connectivity index (χ4v) is 3.58. The molecule has 2 aromatic heterocycles. The zero-order valence-corrected chi connectivity index (χ0v) is 20.5. The van der Waals surface area contributed by atoms with Gasteiger partial charge in [-0.05, 0) is 42.2 Å². The number of morpholine rings is 1. The predicted molar refractivity (Wildman–Crippen MR) is 133 cm³/mol. The Labute approximate surface area is 204 Å². The van der Waals surface area contributed by atoms with Gasteiger partial charge in [0.2, 0.25) is 0 Å². The van der Waals surface area contributed by atoms with Gasteiger partial charge in [-0.1, -0.05) is 32.1 Å². The van der Waals surface area contributed by atoms with Crippen molar-refractivity contribution in [2.75, 3.05) is 43.1 Å². The largest absolute Gasteiger partial charge is 0.378 e. The van der Waals surface area contributed by atoms with E-state index in [0.29, 0.717) is 36.7 Å². The second-order valence-electron chi connectivity index (χ2n) is 9.75. The van der Waals surface area contributed by atoms with E-state index in [1.54, 1.807) is 29.2 Å². The van der Waals surface area contributed by atoms with Gasteiger partial charge in [-0.2, -0.15) is 0 Å². The number of hydrogen-bond acceptors (Lipinski definition) is 7. The summed E-state index contributed by atoms with van der Waals surface area (Å²) in [5, 5.41) is 14.0. The molecule has 0 bridgehead atoms. The molecule has 0 aliphatic carbocycles. The van der Waals surface area contributed by atoms with Crippen LogP contribution in [0.5, 0.6) is 0 Å². The maximum absolute atomic E-state index is 13.0. The Morgan fingerprint density at radius 2 is 1.86 bits per heavy atom. The molecule has 184 valence electrons. The van der Waals surface area contributed by atoms with Crippen LogP contribution in [0, 0.1) is 12.3 Å². The number of carbonyl (C=O) groups excluding carboxylic acids is 2.